The van der Waals surface area contributed by atoms with Crippen molar-refractivity contribution in [3.8, 4) is 0 Å². The van der Waals surface area contributed by atoms with E-state index in [2.05, 4.69) is 4.98 Å². The van der Waals surface area contributed by atoms with Crippen LogP contribution in [0.15, 0.2) is 47.5 Å². The van der Waals surface area contributed by atoms with E-state index in [-0.39, 0.29) is 0 Å². The summed E-state index contributed by atoms with van der Waals surface area (Å²) in [5.74, 6) is 0.854. The number of benzene rings is 1. The third-order valence-corrected chi connectivity index (χ3v) is 6.61. The molecule has 7 heteroatoms. The molecular weight excluding hydrogens is 358 g/mol. The molecule has 2 aromatic rings. The van der Waals surface area contributed by atoms with Gasteiger partial charge in [-0.15, -0.1) is 0 Å². The fraction of sp³-hybridized carbons (Fsp3) is 0.389. The summed E-state index contributed by atoms with van der Waals surface area (Å²) in [6, 6.07) is 11.2. The molecule has 1 aliphatic rings. The largest absolute Gasteiger partial charge is 0.274 e. The van der Waals surface area contributed by atoms with E-state index in [1.54, 1.807) is 16.6 Å². The number of nitrogens with zero attached hydrogens (tertiary/aromatic N) is 2. The van der Waals surface area contributed by atoms with Gasteiger partial charge in [-0.05, 0) is 36.6 Å². The highest BCUT2D eigenvalue weighted by Crippen LogP contribution is 2.20. The predicted octanol–water partition coefficient (Wildman–Crippen LogP) is 2.97. The van der Waals surface area contributed by atoms with Crippen LogP contribution in [0.3, 0.4) is 0 Å². The van der Waals surface area contributed by atoms with E-state index >= 15 is 0 Å². The fourth-order valence-corrected chi connectivity index (χ4v) is 4.61. The molecule has 0 bridgehead atoms. The third kappa shape index (κ3) is 4.32. The molecule has 25 heavy (non-hydrogen) atoms. The van der Waals surface area contributed by atoms with Crippen LogP contribution in [0, 0.1) is 0 Å². The zero-order valence-electron chi connectivity index (χ0n) is 14.3. The number of hydrogen-bond donors (Lipinski definition) is 0. The zero-order valence-corrected chi connectivity index (χ0v) is 15.9. The molecule has 0 atom stereocenters. The van der Waals surface area contributed by atoms with Gasteiger partial charge in [0.1, 0.15) is 17.6 Å². The second-order valence-electron chi connectivity index (χ2n) is 6.36. The third-order valence-electron chi connectivity index (χ3n) is 4.46. The molecule has 1 fully saturated rings. The Hall–Kier alpha value is -1.63. The average molecular weight is 381 g/mol. The molecule has 5 nitrogen and oxygen atoms in total. The Morgan fingerprint density at radius 1 is 1.08 bits per heavy atom. The fourth-order valence-electron chi connectivity index (χ4n) is 3.00. The lowest BCUT2D eigenvalue weighted by atomic mass is 10.2. The van der Waals surface area contributed by atoms with E-state index in [0.29, 0.717) is 29.6 Å². The van der Waals surface area contributed by atoms with Gasteiger partial charge in [0, 0.05) is 24.2 Å². The van der Waals surface area contributed by atoms with Crippen molar-refractivity contribution in [3.63, 3.8) is 0 Å². The number of pyridine rings is 1. The first-order valence-electron chi connectivity index (χ1n) is 8.44. The van der Waals surface area contributed by atoms with Gasteiger partial charge in [-0.1, -0.05) is 30.2 Å². The number of aromatic amines is 1. The average Bonchev–Trinajstić information content (AvgIpc) is 2.64. The summed E-state index contributed by atoms with van der Waals surface area (Å²) in [4.78, 5) is 5.45. The maximum absolute atomic E-state index is 12.7. The maximum Gasteiger partial charge on any atom is 0.274 e. The summed E-state index contributed by atoms with van der Waals surface area (Å²) >= 11 is 5.91. The summed E-state index contributed by atoms with van der Waals surface area (Å²) in [5.41, 5.74) is 1.13. The van der Waals surface area contributed by atoms with E-state index in [4.69, 9.17) is 11.6 Å². The molecule has 3 rings (SSSR count). The summed E-state index contributed by atoms with van der Waals surface area (Å²) in [6.45, 7) is 1.92. The van der Waals surface area contributed by atoms with E-state index < -0.39 is 10.0 Å². The first kappa shape index (κ1) is 18.2. The van der Waals surface area contributed by atoms with E-state index in [1.807, 2.05) is 42.3 Å². The van der Waals surface area contributed by atoms with Gasteiger partial charge in [-0.2, -0.15) is 4.31 Å². The molecule has 0 unspecified atom stereocenters. The molecule has 0 spiro atoms. The summed E-state index contributed by atoms with van der Waals surface area (Å²) in [6.07, 6.45) is 4.56. The highest BCUT2D eigenvalue weighted by molar-refractivity contribution is 7.89. The second kappa shape index (κ2) is 7.72. The Kier molecular flexibility index (Phi) is 5.61. The minimum atomic E-state index is -3.40. The molecular formula is C18H23ClN3O2S+. The molecule has 2 heterocycles. The second-order valence-corrected chi connectivity index (χ2v) is 8.73. The quantitative estimate of drug-likeness (QED) is 0.801. The van der Waals surface area contributed by atoms with Crippen molar-refractivity contribution < 1.29 is 13.4 Å². The Morgan fingerprint density at radius 3 is 2.36 bits per heavy atom. The monoisotopic (exact) mass is 380 g/mol. The van der Waals surface area contributed by atoms with Gasteiger partial charge in [-0.3, -0.25) is 4.90 Å². The Morgan fingerprint density at radius 2 is 1.76 bits per heavy atom. The van der Waals surface area contributed by atoms with Crippen LogP contribution in [0.1, 0.15) is 24.8 Å². The van der Waals surface area contributed by atoms with Gasteiger partial charge < -0.3 is 0 Å². The van der Waals surface area contributed by atoms with Gasteiger partial charge in [0.05, 0.1) is 7.05 Å². The summed E-state index contributed by atoms with van der Waals surface area (Å²) in [7, 11) is -1.44. The van der Waals surface area contributed by atoms with Crippen molar-refractivity contribution in [2.45, 2.75) is 30.7 Å². The Balaban J connectivity index is 1.71. The van der Waals surface area contributed by atoms with Crippen LogP contribution in [0.2, 0.25) is 5.02 Å². The van der Waals surface area contributed by atoms with Crippen LogP contribution in [-0.2, 0) is 16.6 Å². The Labute approximate surface area is 154 Å². The number of H-pyrrole nitrogens is 1. The minimum Gasteiger partial charge on any atom is -0.260 e. The van der Waals surface area contributed by atoms with Crippen LogP contribution in [0.25, 0.3) is 0 Å². The number of aromatic nitrogens is 1. The zero-order chi connectivity index (χ0) is 17.9. The number of rotatable bonds is 5. The Bertz CT molecular complexity index is 801. The van der Waals surface area contributed by atoms with E-state index in [9.17, 15) is 8.42 Å². The molecule has 1 saturated heterocycles. The predicted molar refractivity (Wildman–Crippen MR) is 99.2 cm³/mol. The van der Waals surface area contributed by atoms with Gasteiger partial charge >= 0.3 is 0 Å². The molecule has 0 radical (unpaired) electrons. The number of sulfonamides is 1. The number of halogens is 1. The smallest absolute Gasteiger partial charge is 0.260 e. The lowest BCUT2D eigenvalue weighted by molar-refractivity contribution is -0.367. The van der Waals surface area contributed by atoms with Crippen molar-refractivity contribution in [1.82, 2.24) is 4.31 Å². The molecule has 1 aromatic heterocycles. The van der Waals surface area contributed by atoms with Crippen molar-refractivity contribution in [1.29, 1.82) is 0 Å². The van der Waals surface area contributed by atoms with Crippen LogP contribution in [-0.4, -0.2) is 32.9 Å². The first-order chi connectivity index (χ1) is 12.0. The van der Waals surface area contributed by atoms with Crippen molar-refractivity contribution in [3.05, 3.63) is 53.2 Å². The van der Waals surface area contributed by atoms with E-state index in [0.717, 1.165) is 30.6 Å². The number of piperidine rings is 1. The van der Waals surface area contributed by atoms with Crippen LogP contribution >= 0.6 is 11.6 Å². The number of anilines is 1. The van der Waals surface area contributed by atoms with Crippen LogP contribution < -0.4 is 9.88 Å². The summed E-state index contributed by atoms with van der Waals surface area (Å²) in [5, 5.41) is 0.713. The van der Waals surface area contributed by atoms with Gasteiger partial charge in [-0.25, -0.2) is 13.4 Å². The summed E-state index contributed by atoms with van der Waals surface area (Å²) < 4.78 is 26.9. The highest BCUT2D eigenvalue weighted by Gasteiger charge is 2.27. The van der Waals surface area contributed by atoms with E-state index in [1.165, 1.54) is 0 Å². The maximum atomic E-state index is 12.7. The highest BCUT2D eigenvalue weighted by atomic mass is 35.5. The molecule has 0 amide bonds. The molecule has 1 aromatic carbocycles. The molecule has 134 valence electrons. The lowest BCUT2D eigenvalue weighted by Crippen LogP contribution is -2.36. The molecule has 1 aliphatic heterocycles. The van der Waals surface area contributed by atoms with Crippen molar-refractivity contribution in [2.75, 3.05) is 25.0 Å². The molecule has 0 saturated carbocycles. The van der Waals surface area contributed by atoms with Gasteiger partial charge in [0.2, 0.25) is 10.0 Å². The molecule has 0 aliphatic carbocycles. The number of hydrogen-bond acceptors (Lipinski definition) is 3. The lowest BCUT2D eigenvalue weighted by Gasteiger charge is -2.25. The number of nitrogens with one attached hydrogen (secondary N) is 1. The minimum absolute atomic E-state index is 0.318. The standard InChI is InChI=1S/C18H22ClN3O2S/c1-21(14-15-5-7-16(19)8-6-15)18-10-9-17(13-20-18)25(23,24)22-11-3-2-4-12-22/h5-10,13H,2-4,11-12,14H2,1H3/p+1. The normalized spacial score (nSPS) is 15.9. The van der Waals surface area contributed by atoms with Gasteiger partial charge in [0.15, 0.2) is 0 Å². The topological polar surface area (TPSA) is 54.8 Å². The first-order valence-corrected chi connectivity index (χ1v) is 10.3. The van der Waals surface area contributed by atoms with Crippen LogP contribution in [0.4, 0.5) is 5.82 Å². The SMILES string of the molecule is CN(Cc1ccc(Cl)cc1)c1ccc(S(=O)(=O)N2CCCCC2)c[nH+]1. The van der Waals surface area contributed by atoms with Crippen molar-refractivity contribution >= 4 is 27.4 Å². The van der Waals surface area contributed by atoms with Crippen molar-refractivity contribution in [2.24, 2.45) is 0 Å². The van der Waals surface area contributed by atoms with Gasteiger partial charge in [0.25, 0.3) is 5.82 Å². The van der Waals surface area contributed by atoms with Crippen LogP contribution in [0.5, 0.6) is 0 Å². The molecule has 1 N–H and O–H groups in total.